The first-order valence-electron chi connectivity index (χ1n) is 9.32. The lowest BCUT2D eigenvalue weighted by molar-refractivity contribution is 0.265. The summed E-state index contributed by atoms with van der Waals surface area (Å²) in [6.45, 7) is 10.8. The second kappa shape index (κ2) is 11.1. The molecule has 1 saturated heterocycles. The summed E-state index contributed by atoms with van der Waals surface area (Å²) in [6, 6.07) is 9.84. The van der Waals surface area contributed by atoms with Crippen LogP contribution in [0.25, 0.3) is 0 Å². The molecule has 1 fully saturated rings. The fraction of sp³-hybridized carbons (Fsp3) is 0.650. The van der Waals surface area contributed by atoms with E-state index in [1.165, 1.54) is 11.1 Å². The zero-order chi connectivity index (χ0) is 18.4. The molecule has 0 bridgehead atoms. The van der Waals surface area contributed by atoms with Gasteiger partial charge in [-0.1, -0.05) is 31.2 Å². The number of nitrogens with one attached hydrogen (secondary N) is 2. The molecule has 0 aromatic heterocycles. The van der Waals surface area contributed by atoms with Crippen molar-refractivity contribution in [1.82, 2.24) is 20.4 Å². The molecule has 0 spiro atoms. The smallest absolute Gasteiger partial charge is 0.191 e. The Labute approximate surface area is 176 Å². The lowest BCUT2D eigenvalue weighted by Gasteiger charge is -2.22. The average Bonchev–Trinajstić information content (AvgIpc) is 2.93. The van der Waals surface area contributed by atoms with Gasteiger partial charge in [0.05, 0.1) is 0 Å². The SMILES string of the molecule is CN=C(NCc1ccc(CN(C)C)cc1)NC1CN(C(C)C)CC1C.I. The highest BCUT2D eigenvalue weighted by molar-refractivity contribution is 14.0. The number of rotatable bonds is 6. The van der Waals surface area contributed by atoms with E-state index in [2.05, 4.69) is 84.6 Å². The number of guanidine groups is 1. The Morgan fingerprint density at radius 2 is 1.81 bits per heavy atom. The van der Waals surface area contributed by atoms with Gasteiger partial charge in [0.1, 0.15) is 0 Å². The van der Waals surface area contributed by atoms with Gasteiger partial charge in [-0.25, -0.2) is 0 Å². The van der Waals surface area contributed by atoms with E-state index in [1.54, 1.807) is 0 Å². The standard InChI is InChI=1S/C20H35N5.HI/c1-15(2)25-12-16(3)19(14-25)23-20(21-4)22-11-17-7-9-18(10-8-17)13-24(5)6;/h7-10,15-16,19H,11-14H2,1-6H3,(H2,21,22,23);1H. The largest absolute Gasteiger partial charge is 0.352 e. The van der Waals surface area contributed by atoms with Crippen molar-refractivity contribution in [2.75, 3.05) is 34.2 Å². The van der Waals surface area contributed by atoms with E-state index in [0.29, 0.717) is 18.0 Å². The van der Waals surface area contributed by atoms with Crippen molar-refractivity contribution in [3.8, 4) is 0 Å². The van der Waals surface area contributed by atoms with Gasteiger partial charge in [-0.15, -0.1) is 24.0 Å². The molecule has 6 heteroatoms. The summed E-state index contributed by atoms with van der Waals surface area (Å²) in [5.74, 6) is 1.52. The van der Waals surface area contributed by atoms with E-state index < -0.39 is 0 Å². The van der Waals surface area contributed by atoms with E-state index >= 15 is 0 Å². The van der Waals surface area contributed by atoms with E-state index in [9.17, 15) is 0 Å². The van der Waals surface area contributed by atoms with Crippen molar-refractivity contribution in [3.63, 3.8) is 0 Å². The Balaban J connectivity index is 0.00000338. The molecule has 0 radical (unpaired) electrons. The molecule has 26 heavy (non-hydrogen) atoms. The number of benzene rings is 1. The number of halogens is 1. The van der Waals surface area contributed by atoms with Gasteiger partial charge in [0.2, 0.25) is 0 Å². The Hall–Kier alpha value is -0.860. The quantitative estimate of drug-likeness (QED) is 0.379. The number of likely N-dealkylation sites (tertiary alicyclic amines) is 1. The van der Waals surface area contributed by atoms with Gasteiger partial charge in [0.25, 0.3) is 0 Å². The molecule has 2 atom stereocenters. The highest BCUT2D eigenvalue weighted by atomic mass is 127. The zero-order valence-corrected chi connectivity index (χ0v) is 19.5. The Bertz CT molecular complexity index is 556. The van der Waals surface area contributed by atoms with Crippen molar-refractivity contribution in [3.05, 3.63) is 35.4 Å². The molecule has 2 N–H and O–H groups in total. The van der Waals surface area contributed by atoms with E-state index in [1.807, 2.05) is 7.05 Å². The topological polar surface area (TPSA) is 42.9 Å². The van der Waals surface area contributed by atoms with Crippen LogP contribution in [0, 0.1) is 5.92 Å². The summed E-state index contributed by atoms with van der Waals surface area (Å²) >= 11 is 0. The normalized spacial score (nSPS) is 21.2. The predicted molar refractivity (Wildman–Crippen MR) is 122 cm³/mol. The van der Waals surface area contributed by atoms with E-state index in [0.717, 1.165) is 32.1 Å². The number of hydrogen-bond donors (Lipinski definition) is 2. The second-order valence-electron chi connectivity index (χ2n) is 7.76. The summed E-state index contributed by atoms with van der Waals surface area (Å²) in [4.78, 5) is 9.11. The Kier molecular flexibility index (Phi) is 9.89. The first kappa shape index (κ1) is 23.2. The van der Waals surface area contributed by atoms with Gasteiger partial charge >= 0.3 is 0 Å². The minimum Gasteiger partial charge on any atom is -0.352 e. The van der Waals surface area contributed by atoms with Gasteiger partial charge in [0, 0.05) is 45.3 Å². The Morgan fingerprint density at radius 1 is 1.19 bits per heavy atom. The maximum Gasteiger partial charge on any atom is 0.191 e. The van der Waals surface area contributed by atoms with Crippen LogP contribution < -0.4 is 10.6 Å². The van der Waals surface area contributed by atoms with Crippen LogP contribution in [0.5, 0.6) is 0 Å². The van der Waals surface area contributed by atoms with Crippen molar-refractivity contribution >= 4 is 29.9 Å². The first-order valence-corrected chi connectivity index (χ1v) is 9.32. The molecule has 5 nitrogen and oxygen atoms in total. The molecule has 0 aliphatic carbocycles. The Morgan fingerprint density at radius 3 is 2.31 bits per heavy atom. The molecule has 2 rings (SSSR count). The van der Waals surface area contributed by atoms with Gasteiger partial charge in [-0.2, -0.15) is 0 Å². The highest BCUT2D eigenvalue weighted by Crippen LogP contribution is 2.18. The lowest BCUT2D eigenvalue weighted by atomic mass is 10.1. The van der Waals surface area contributed by atoms with Gasteiger partial charge in [-0.05, 0) is 45.0 Å². The molecule has 2 unspecified atom stereocenters. The summed E-state index contributed by atoms with van der Waals surface area (Å²) in [5, 5.41) is 7.05. The van der Waals surface area contributed by atoms with Crippen molar-refractivity contribution < 1.29 is 0 Å². The predicted octanol–water partition coefficient (Wildman–Crippen LogP) is 2.76. The maximum absolute atomic E-state index is 4.40. The average molecular weight is 473 g/mol. The molecule has 1 aromatic carbocycles. The molecule has 0 saturated carbocycles. The van der Waals surface area contributed by atoms with Crippen LogP contribution in [-0.4, -0.2) is 62.1 Å². The lowest BCUT2D eigenvalue weighted by Crippen LogP contribution is -2.46. The van der Waals surface area contributed by atoms with Crippen LogP contribution in [0.3, 0.4) is 0 Å². The van der Waals surface area contributed by atoms with Crippen LogP contribution in [0.2, 0.25) is 0 Å². The van der Waals surface area contributed by atoms with Gasteiger partial charge in [0.15, 0.2) is 5.96 Å². The highest BCUT2D eigenvalue weighted by Gasteiger charge is 2.31. The van der Waals surface area contributed by atoms with Crippen LogP contribution >= 0.6 is 24.0 Å². The number of nitrogens with zero attached hydrogens (tertiary/aromatic N) is 3. The molecular weight excluding hydrogens is 437 g/mol. The zero-order valence-electron chi connectivity index (χ0n) is 17.1. The van der Waals surface area contributed by atoms with E-state index in [-0.39, 0.29) is 24.0 Å². The molecule has 1 aromatic rings. The molecule has 0 amide bonds. The summed E-state index contributed by atoms with van der Waals surface area (Å²) in [6.07, 6.45) is 0. The van der Waals surface area contributed by atoms with Crippen molar-refractivity contribution in [1.29, 1.82) is 0 Å². The fourth-order valence-corrected chi connectivity index (χ4v) is 3.30. The molecule has 1 aliphatic heterocycles. The van der Waals surface area contributed by atoms with Crippen LogP contribution in [0.15, 0.2) is 29.3 Å². The van der Waals surface area contributed by atoms with E-state index in [4.69, 9.17) is 0 Å². The minimum atomic E-state index is 0. The first-order chi connectivity index (χ1) is 11.9. The second-order valence-corrected chi connectivity index (χ2v) is 7.76. The third-order valence-electron chi connectivity index (χ3n) is 4.90. The molecule has 1 aliphatic rings. The molecule has 1 heterocycles. The fourth-order valence-electron chi connectivity index (χ4n) is 3.30. The summed E-state index contributed by atoms with van der Waals surface area (Å²) in [5.41, 5.74) is 2.61. The summed E-state index contributed by atoms with van der Waals surface area (Å²) in [7, 11) is 6.03. The molecule has 148 valence electrons. The van der Waals surface area contributed by atoms with Gasteiger partial charge < -0.3 is 15.5 Å². The van der Waals surface area contributed by atoms with Gasteiger partial charge in [-0.3, -0.25) is 9.89 Å². The third kappa shape index (κ3) is 7.04. The van der Waals surface area contributed by atoms with Crippen molar-refractivity contribution in [2.45, 2.75) is 45.9 Å². The van der Waals surface area contributed by atoms with Crippen molar-refractivity contribution in [2.24, 2.45) is 10.9 Å². The number of aliphatic imine (C=N–C) groups is 1. The van der Waals surface area contributed by atoms with Crippen LogP contribution in [0.1, 0.15) is 31.9 Å². The number of hydrogen-bond acceptors (Lipinski definition) is 3. The monoisotopic (exact) mass is 473 g/mol. The van der Waals surface area contributed by atoms with Crippen LogP contribution in [0.4, 0.5) is 0 Å². The third-order valence-corrected chi connectivity index (χ3v) is 4.90. The maximum atomic E-state index is 4.40. The van der Waals surface area contributed by atoms with Crippen LogP contribution in [-0.2, 0) is 13.1 Å². The minimum absolute atomic E-state index is 0. The summed E-state index contributed by atoms with van der Waals surface area (Å²) < 4.78 is 0. The molecular formula is C20H36IN5.